The molecule has 0 aliphatic rings. The molecule has 0 aliphatic carbocycles. The van der Waals surface area contributed by atoms with Crippen LogP contribution in [0.1, 0.15) is 11.3 Å². The van der Waals surface area contributed by atoms with Gasteiger partial charge in [0.05, 0.1) is 11.3 Å². The first kappa shape index (κ1) is 14.1. The van der Waals surface area contributed by atoms with Gasteiger partial charge < -0.3 is 5.73 Å². The lowest BCUT2D eigenvalue weighted by Gasteiger charge is -2.11. The summed E-state index contributed by atoms with van der Waals surface area (Å²) in [6.45, 7) is 0. The smallest absolute Gasteiger partial charge is 0.398 e. The van der Waals surface area contributed by atoms with Gasteiger partial charge in [-0.15, -0.1) is 0 Å². The van der Waals surface area contributed by atoms with Crippen LogP contribution in [0.5, 0.6) is 0 Å². The van der Waals surface area contributed by atoms with E-state index < -0.39 is 11.7 Å². The summed E-state index contributed by atoms with van der Waals surface area (Å²) in [6, 6.07) is 4.54. The second-order valence-electron chi connectivity index (χ2n) is 3.80. The molecule has 1 aromatic heterocycles. The van der Waals surface area contributed by atoms with Crippen molar-refractivity contribution in [2.75, 3.05) is 5.73 Å². The minimum atomic E-state index is -4.51. The minimum absolute atomic E-state index is 0.00345. The molecular weight excluding hydrogens is 293 g/mol. The monoisotopic (exact) mass is 298 g/mol. The number of nitrogens with two attached hydrogens (primary N) is 1. The first-order chi connectivity index (χ1) is 9.34. The van der Waals surface area contributed by atoms with Gasteiger partial charge in [0.25, 0.3) is 0 Å². The summed E-state index contributed by atoms with van der Waals surface area (Å²) < 4.78 is 38.1. The van der Waals surface area contributed by atoms with Crippen LogP contribution >= 0.6 is 11.6 Å². The zero-order chi connectivity index (χ0) is 14.9. The largest absolute Gasteiger partial charge is 0.416 e. The van der Waals surface area contributed by atoms with Gasteiger partial charge in [-0.25, -0.2) is 9.97 Å². The van der Waals surface area contributed by atoms with Gasteiger partial charge in [0.1, 0.15) is 17.4 Å². The van der Waals surface area contributed by atoms with Gasteiger partial charge >= 0.3 is 6.18 Å². The van der Waals surface area contributed by atoms with Gasteiger partial charge in [-0.3, -0.25) is 0 Å². The minimum Gasteiger partial charge on any atom is -0.398 e. The number of alkyl halides is 3. The van der Waals surface area contributed by atoms with Gasteiger partial charge in [-0.1, -0.05) is 11.6 Å². The predicted molar refractivity (Wildman–Crippen MR) is 66.6 cm³/mol. The zero-order valence-electron chi connectivity index (χ0n) is 9.74. The van der Waals surface area contributed by atoms with Crippen LogP contribution in [0.4, 0.5) is 18.9 Å². The van der Waals surface area contributed by atoms with Gasteiger partial charge in [0, 0.05) is 11.3 Å². The van der Waals surface area contributed by atoms with Crippen LogP contribution in [-0.4, -0.2) is 9.97 Å². The third-order valence-electron chi connectivity index (χ3n) is 2.53. The molecule has 20 heavy (non-hydrogen) atoms. The van der Waals surface area contributed by atoms with Crippen LogP contribution in [0.2, 0.25) is 5.02 Å². The van der Waals surface area contributed by atoms with Crippen LogP contribution in [-0.2, 0) is 6.18 Å². The van der Waals surface area contributed by atoms with Gasteiger partial charge in [-0.2, -0.15) is 18.4 Å². The molecule has 2 aromatic rings. The number of nitrogens with zero attached hydrogens (tertiary/aromatic N) is 3. The van der Waals surface area contributed by atoms with Crippen molar-refractivity contribution in [3.8, 4) is 17.3 Å². The highest BCUT2D eigenvalue weighted by Gasteiger charge is 2.31. The van der Waals surface area contributed by atoms with Crippen LogP contribution in [0.25, 0.3) is 11.3 Å². The van der Waals surface area contributed by atoms with Crippen molar-refractivity contribution in [1.29, 1.82) is 5.26 Å². The molecule has 0 atom stereocenters. The molecule has 0 saturated heterocycles. The second-order valence-corrected chi connectivity index (χ2v) is 4.17. The van der Waals surface area contributed by atoms with E-state index in [1.54, 1.807) is 6.07 Å². The Morgan fingerprint density at radius 2 is 1.95 bits per heavy atom. The quantitative estimate of drug-likeness (QED) is 0.820. The number of nitrogen functional groups attached to an aromatic ring is 1. The Kier molecular flexibility index (Phi) is 3.51. The van der Waals surface area contributed by atoms with E-state index in [-0.39, 0.29) is 27.7 Å². The van der Waals surface area contributed by atoms with E-state index in [1.807, 2.05) is 0 Å². The molecule has 1 heterocycles. The summed E-state index contributed by atoms with van der Waals surface area (Å²) in [5, 5.41) is 8.67. The van der Waals surface area contributed by atoms with Gasteiger partial charge in [-0.05, 0) is 18.2 Å². The molecule has 0 spiro atoms. The first-order valence-corrected chi connectivity index (χ1v) is 5.60. The molecule has 2 rings (SSSR count). The molecule has 0 radical (unpaired) electrons. The van der Waals surface area contributed by atoms with Crippen molar-refractivity contribution in [2.45, 2.75) is 6.18 Å². The molecule has 0 aliphatic heterocycles. The van der Waals surface area contributed by atoms with E-state index in [0.29, 0.717) is 0 Å². The number of benzene rings is 1. The SMILES string of the molecule is N#Cc1ncnc(-c2cc(C(F)(F)F)ccc2N)c1Cl. The summed E-state index contributed by atoms with van der Waals surface area (Å²) >= 11 is 5.90. The summed E-state index contributed by atoms with van der Waals surface area (Å²) in [6.07, 6.45) is -3.47. The van der Waals surface area contributed by atoms with Crippen LogP contribution < -0.4 is 5.73 Å². The molecule has 0 bridgehead atoms. The van der Waals surface area contributed by atoms with Crippen molar-refractivity contribution < 1.29 is 13.2 Å². The first-order valence-electron chi connectivity index (χ1n) is 5.22. The lowest BCUT2D eigenvalue weighted by molar-refractivity contribution is -0.137. The molecule has 102 valence electrons. The lowest BCUT2D eigenvalue weighted by atomic mass is 10.0. The maximum atomic E-state index is 12.7. The lowest BCUT2D eigenvalue weighted by Crippen LogP contribution is -2.06. The maximum Gasteiger partial charge on any atom is 0.416 e. The maximum absolute atomic E-state index is 12.7. The van der Waals surface area contributed by atoms with E-state index in [4.69, 9.17) is 22.6 Å². The van der Waals surface area contributed by atoms with E-state index >= 15 is 0 Å². The number of halogens is 4. The third kappa shape index (κ3) is 2.51. The Morgan fingerprint density at radius 1 is 1.25 bits per heavy atom. The number of nitriles is 1. The van der Waals surface area contributed by atoms with Gasteiger partial charge in [0.2, 0.25) is 0 Å². The Labute approximate surface area is 116 Å². The average molecular weight is 299 g/mol. The average Bonchev–Trinajstić information content (AvgIpc) is 2.38. The van der Waals surface area contributed by atoms with Crippen molar-refractivity contribution >= 4 is 17.3 Å². The number of hydrogen-bond acceptors (Lipinski definition) is 4. The highest BCUT2D eigenvalue weighted by atomic mass is 35.5. The Morgan fingerprint density at radius 3 is 2.55 bits per heavy atom. The molecule has 0 amide bonds. The van der Waals surface area contributed by atoms with Gasteiger partial charge in [0.15, 0.2) is 5.69 Å². The highest BCUT2D eigenvalue weighted by Crippen LogP contribution is 2.36. The number of aromatic nitrogens is 2. The van der Waals surface area contributed by atoms with Crippen molar-refractivity contribution in [3.63, 3.8) is 0 Å². The summed E-state index contributed by atoms with van der Waals surface area (Å²) in [7, 11) is 0. The zero-order valence-corrected chi connectivity index (χ0v) is 10.5. The second kappa shape index (κ2) is 4.98. The van der Waals surface area contributed by atoms with Crippen LogP contribution in [0.15, 0.2) is 24.5 Å². The van der Waals surface area contributed by atoms with Crippen molar-refractivity contribution in [2.24, 2.45) is 0 Å². The standard InChI is InChI=1S/C12H6ClF3N4/c13-10-9(4-17)19-5-20-11(10)7-3-6(12(14,15)16)1-2-8(7)18/h1-3,5H,18H2. The number of hydrogen-bond donors (Lipinski definition) is 1. The highest BCUT2D eigenvalue weighted by molar-refractivity contribution is 6.34. The molecular formula is C12H6ClF3N4. The number of rotatable bonds is 1. The molecule has 1 aromatic carbocycles. The van der Waals surface area contributed by atoms with E-state index in [2.05, 4.69) is 9.97 Å². The number of anilines is 1. The van der Waals surface area contributed by atoms with E-state index in [9.17, 15) is 13.2 Å². The fraction of sp³-hybridized carbons (Fsp3) is 0.0833. The molecule has 0 fully saturated rings. The van der Waals surface area contributed by atoms with Crippen LogP contribution in [0, 0.1) is 11.3 Å². The predicted octanol–water partition coefficient (Wildman–Crippen LogP) is 3.27. The fourth-order valence-corrected chi connectivity index (χ4v) is 1.81. The fourth-order valence-electron chi connectivity index (χ4n) is 1.57. The summed E-state index contributed by atoms with van der Waals surface area (Å²) in [4.78, 5) is 7.42. The molecule has 8 heteroatoms. The Balaban J connectivity index is 2.68. The van der Waals surface area contributed by atoms with E-state index in [0.717, 1.165) is 24.5 Å². The van der Waals surface area contributed by atoms with E-state index in [1.165, 1.54) is 0 Å². The Bertz CT molecular complexity index is 707. The van der Waals surface area contributed by atoms with Crippen LogP contribution in [0.3, 0.4) is 0 Å². The Hall–Kier alpha value is -2.33. The summed E-state index contributed by atoms with van der Waals surface area (Å²) in [5.41, 5.74) is 4.71. The molecule has 4 nitrogen and oxygen atoms in total. The normalized spacial score (nSPS) is 11.2. The van der Waals surface area contributed by atoms with Crippen molar-refractivity contribution in [1.82, 2.24) is 9.97 Å². The molecule has 0 saturated carbocycles. The van der Waals surface area contributed by atoms with Crippen molar-refractivity contribution in [3.05, 3.63) is 40.8 Å². The third-order valence-corrected chi connectivity index (χ3v) is 2.89. The molecule has 0 unspecified atom stereocenters. The topological polar surface area (TPSA) is 75.6 Å². The summed E-state index contributed by atoms with van der Waals surface area (Å²) in [5.74, 6) is 0. The molecule has 2 N–H and O–H groups in total.